The summed E-state index contributed by atoms with van der Waals surface area (Å²) in [4.78, 5) is 3.72. The molecule has 0 aliphatic heterocycles. The van der Waals surface area contributed by atoms with Gasteiger partial charge in [0.2, 0.25) is 0 Å². The van der Waals surface area contributed by atoms with Gasteiger partial charge in [-0.15, -0.1) is 0 Å². The Morgan fingerprint density at radius 2 is 2.18 bits per heavy atom. The fourth-order valence-corrected chi connectivity index (χ4v) is 3.01. The number of hydrogen-bond acceptors (Lipinski definition) is 5. The second-order valence-electron chi connectivity index (χ2n) is 4.20. The van der Waals surface area contributed by atoms with Gasteiger partial charge in [0.05, 0.1) is 12.9 Å². The van der Waals surface area contributed by atoms with E-state index < -0.39 is 16.1 Å². The number of aromatic nitrogens is 2. The maximum Gasteiger partial charge on any atom is 0.260 e. The SMILES string of the molecule is CC(C)C(CO)NS(=O)(=O)c1c(N)ncn1C. The van der Waals surface area contributed by atoms with Crippen LogP contribution in [0.5, 0.6) is 0 Å². The molecule has 0 aliphatic carbocycles. The molecule has 1 aromatic rings. The lowest BCUT2D eigenvalue weighted by molar-refractivity contribution is 0.227. The summed E-state index contributed by atoms with van der Waals surface area (Å²) in [5, 5.41) is 9.03. The lowest BCUT2D eigenvalue weighted by atomic mass is 10.1. The Morgan fingerprint density at radius 3 is 2.53 bits per heavy atom. The van der Waals surface area contributed by atoms with Crippen LogP contribution in [0, 0.1) is 5.92 Å². The first-order valence-corrected chi connectivity index (χ1v) is 6.68. The number of sulfonamides is 1. The normalized spacial score (nSPS) is 14.2. The van der Waals surface area contributed by atoms with E-state index >= 15 is 0 Å². The van der Waals surface area contributed by atoms with E-state index in [9.17, 15) is 8.42 Å². The molecule has 0 amide bonds. The molecule has 1 atom stereocenters. The van der Waals surface area contributed by atoms with E-state index in [4.69, 9.17) is 10.8 Å². The lowest BCUT2D eigenvalue weighted by Crippen LogP contribution is -2.41. The van der Waals surface area contributed by atoms with Crippen molar-refractivity contribution >= 4 is 15.8 Å². The molecule has 1 rings (SSSR count). The first-order valence-electron chi connectivity index (χ1n) is 5.19. The third-order valence-electron chi connectivity index (χ3n) is 2.47. The summed E-state index contributed by atoms with van der Waals surface area (Å²) in [6, 6.07) is -0.547. The molecule has 0 saturated heterocycles. The molecule has 0 saturated carbocycles. The molecular weight excluding hydrogens is 244 g/mol. The second kappa shape index (κ2) is 5.03. The Hall–Kier alpha value is -1.12. The number of nitrogen functional groups attached to an aromatic ring is 1. The van der Waals surface area contributed by atoms with Gasteiger partial charge in [-0.3, -0.25) is 0 Å². The summed E-state index contributed by atoms with van der Waals surface area (Å²) < 4.78 is 27.8. The van der Waals surface area contributed by atoms with Crippen molar-refractivity contribution < 1.29 is 13.5 Å². The standard InChI is InChI=1S/C9H18N4O3S/c1-6(2)7(4-14)12-17(15,16)9-8(10)11-5-13(9)3/h5-7,12,14H,4,10H2,1-3H3. The summed E-state index contributed by atoms with van der Waals surface area (Å²) in [6.07, 6.45) is 1.33. The van der Waals surface area contributed by atoms with Crippen LogP contribution in [0.3, 0.4) is 0 Å². The highest BCUT2D eigenvalue weighted by Gasteiger charge is 2.26. The Kier molecular flexibility index (Phi) is 4.12. The summed E-state index contributed by atoms with van der Waals surface area (Å²) in [7, 11) is -2.23. The number of anilines is 1. The van der Waals surface area contributed by atoms with Crippen LogP contribution in [0.4, 0.5) is 5.82 Å². The monoisotopic (exact) mass is 262 g/mol. The number of imidazole rings is 1. The number of hydrogen-bond donors (Lipinski definition) is 3. The quantitative estimate of drug-likeness (QED) is 0.649. The molecule has 7 nitrogen and oxygen atoms in total. The lowest BCUT2D eigenvalue weighted by Gasteiger charge is -2.19. The fourth-order valence-electron chi connectivity index (χ4n) is 1.40. The Balaban J connectivity index is 3.05. The maximum absolute atomic E-state index is 12.0. The second-order valence-corrected chi connectivity index (χ2v) is 5.83. The van der Waals surface area contributed by atoms with Gasteiger partial charge < -0.3 is 15.4 Å². The molecule has 0 bridgehead atoms. The van der Waals surface area contributed by atoms with E-state index in [1.807, 2.05) is 13.8 Å². The molecule has 0 radical (unpaired) electrons. The average molecular weight is 262 g/mol. The van der Waals surface area contributed by atoms with Crippen LogP contribution in [0.15, 0.2) is 11.4 Å². The van der Waals surface area contributed by atoms with Gasteiger partial charge in [0, 0.05) is 13.1 Å². The number of nitrogens with one attached hydrogen (secondary N) is 1. The van der Waals surface area contributed by atoms with Crippen molar-refractivity contribution in [3.05, 3.63) is 6.33 Å². The Labute approximate surface area is 101 Å². The van der Waals surface area contributed by atoms with Crippen LogP contribution in [0.25, 0.3) is 0 Å². The van der Waals surface area contributed by atoms with Gasteiger partial charge in [-0.25, -0.2) is 18.1 Å². The van der Waals surface area contributed by atoms with E-state index in [0.717, 1.165) is 0 Å². The molecule has 1 unspecified atom stereocenters. The minimum atomic E-state index is -3.77. The number of aliphatic hydroxyl groups excluding tert-OH is 1. The van der Waals surface area contributed by atoms with Gasteiger partial charge in [-0.05, 0) is 5.92 Å². The fraction of sp³-hybridized carbons (Fsp3) is 0.667. The number of aryl methyl sites for hydroxylation is 1. The predicted octanol–water partition coefficient (Wildman–Crippen LogP) is -0.702. The smallest absolute Gasteiger partial charge is 0.260 e. The van der Waals surface area contributed by atoms with Crippen molar-refractivity contribution in [1.82, 2.24) is 14.3 Å². The molecule has 0 fully saturated rings. The van der Waals surface area contributed by atoms with Gasteiger partial charge in [0.15, 0.2) is 10.8 Å². The van der Waals surface area contributed by atoms with E-state index in [1.165, 1.54) is 10.9 Å². The zero-order valence-electron chi connectivity index (χ0n) is 10.1. The summed E-state index contributed by atoms with van der Waals surface area (Å²) >= 11 is 0. The molecule has 98 valence electrons. The van der Waals surface area contributed by atoms with Crippen molar-refractivity contribution in [2.24, 2.45) is 13.0 Å². The van der Waals surface area contributed by atoms with Crippen molar-refractivity contribution in [1.29, 1.82) is 0 Å². The highest BCUT2D eigenvalue weighted by atomic mass is 32.2. The van der Waals surface area contributed by atoms with Gasteiger partial charge >= 0.3 is 0 Å². The zero-order valence-corrected chi connectivity index (χ0v) is 10.9. The number of aliphatic hydroxyl groups is 1. The highest BCUT2D eigenvalue weighted by molar-refractivity contribution is 7.89. The Bertz CT molecular complexity index is 461. The zero-order chi connectivity index (χ0) is 13.2. The minimum absolute atomic E-state index is 0.0239. The van der Waals surface area contributed by atoms with Gasteiger partial charge in [0.25, 0.3) is 10.0 Å². The van der Waals surface area contributed by atoms with Crippen molar-refractivity contribution in [3.63, 3.8) is 0 Å². The molecule has 4 N–H and O–H groups in total. The van der Waals surface area contributed by atoms with E-state index in [0.29, 0.717) is 0 Å². The van der Waals surface area contributed by atoms with Gasteiger partial charge in [-0.2, -0.15) is 0 Å². The first kappa shape index (κ1) is 13.9. The molecule has 1 heterocycles. The van der Waals surface area contributed by atoms with Crippen molar-refractivity contribution in [2.45, 2.75) is 24.9 Å². The van der Waals surface area contributed by atoms with Crippen LogP contribution >= 0.6 is 0 Å². The minimum Gasteiger partial charge on any atom is -0.395 e. The summed E-state index contributed by atoms with van der Waals surface area (Å²) in [5.74, 6) is -0.0790. The molecule has 17 heavy (non-hydrogen) atoms. The predicted molar refractivity (Wildman–Crippen MR) is 63.7 cm³/mol. The average Bonchev–Trinajstić information content (AvgIpc) is 2.55. The highest BCUT2D eigenvalue weighted by Crippen LogP contribution is 2.16. The van der Waals surface area contributed by atoms with Crippen LogP contribution in [-0.4, -0.2) is 35.7 Å². The molecule has 0 aromatic carbocycles. The third-order valence-corrected chi connectivity index (χ3v) is 4.09. The largest absolute Gasteiger partial charge is 0.395 e. The number of nitrogens with two attached hydrogens (primary N) is 1. The van der Waals surface area contributed by atoms with Crippen molar-refractivity contribution in [2.75, 3.05) is 12.3 Å². The molecule has 0 spiro atoms. The van der Waals surface area contributed by atoms with E-state index in [-0.39, 0.29) is 23.4 Å². The molecular formula is C9H18N4O3S. The maximum atomic E-state index is 12.0. The van der Waals surface area contributed by atoms with Crippen LogP contribution in [-0.2, 0) is 17.1 Å². The van der Waals surface area contributed by atoms with Crippen molar-refractivity contribution in [3.8, 4) is 0 Å². The van der Waals surface area contributed by atoms with Crippen LogP contribution in [0.2, 0.25) is 0 Å². The number of rotatable bonds is 5. The van der Waals surface area contributed by atoms with Gasteiger partial charge in [0.1, 0.15) is 0 Å². The van der Waals surface area contributed by atoms with E-state index in [1.54, 1.807) is 7.05 Å². The van der Waals surface area contributed by atoms with Crippen LogP contribution < -0.4 is 10.5 Å². The molecule has 8 heteroatoms. The Morgan fingerprint density at radius 1 is 1.59 bits per heavy atom. The first-order chi connectivity index (χ1) is 7.79. The summed E-state index contributed by atoms with van der Waals surface area (Å²) in [6.45, 7) is 3.36. The third kappa shape index (κ3) is 2.96. The van der Waals surface area contributed by atoms with Gasteiger partial charge in [-0.1, -0.05) is 13.8 Å². The molecule has 0 aliphatic rings. The molecule has 1 aromatic heterocycles. The number of nitrogens with zero attached hydrogens (tertiary/aromatic N) is 2. The summed E-state index contributed by atoms with van der Waals surface area (Å²) in [5.41, 5.74) is 5.51. The van der Waals surface area contributed by atoms with E-state index in [2.05, 4.69) is 9.71 Å². The van der Waals surface area contributed by atoms with Crippen LogP contribution in [0.1, 0.15) is 13.8 Å². The topological polar surface area (TPSA) is 110 Å².